The predicted octanol–water partition coefficient (Wildman–Crippen LogP) is 7.03. The van der Waals surface area contributed by atoms with Crippen LogP contribution in [0.25, 0.3) is 5.57 Å². The molecule has 230 valence electrons. The molecule has 0 bridgehead atoms. The summed E-state index contributed by atoms with van der Waals surface area (Å²) in [5.74, 6) is 0.816. The number of aromatic nitrogens is 1. The van der Waals surface area contributed by atoms with Gasteiger partial charge in [-0.1, -0.05) is 44.0 Å². The number of likely N-dealkylation sites (tertiary alicyclic amines) is 1. The maximum absolute atomic E-state index is 13.5. The van der Waals surface area contributed by atoms with Crippen molar-refractivity contribution in [2.75, 3.05) is 37.3 Å². The van der Waals surface area contributed by atoms with Crippen molar-refractivity contribution >= 4 is 23.0 Å². The number of nitrogens with zero attached hydrogens (tertiary/aromatic N) is 2. The van der Waals surface area contributed by atoms with E-state index in [1.807, 2.05) is 26.8 Å². The fourth-order valence-electron chi connectivity index (χ4n) is 5.93. The Labute approximate surface area is 253 Å². The molecule has 2 aromatic rings. The van der Waals surface area contributed by atoms with Crippen LogP contribution in [0.15, 0.2) is 30.3 Å². The third kappa shape index (κ3) is 8.35. The van der Waals surface area contributed by atoms with Crippen LogP contribution >= 0.6 is 0 Å². The van der Waals surface area contributed by atoms with Gasteiger partial charge in [0.2, 0.25) is 0 Å². The first-order valence-electron chi connectivity index (χ1n) is 15.9. The first kappa shape index (κ1) is 32.0. The summed E-state index contributed by atoms with van der Waals surface area (Å²) in [6.45, 7) is 15.2. The lowest BCUT2D eigenvalue weighted by molar-refractivity contribution is -0.168. The molecule has 1 atom stereocenters. The monoisotopic (exact) mass is 576 g/mol. The average Bonchev–Trinajstić information content (AvgIpc) is 2.91. The van der Waals surface area contributed by atoms with E-state index in [-0.39, 0.29) is 12.1 Å². The summed E-state index contributed by atoms with van der Waals surface area (Å²) in [6, 6.07) is 7.93. The molecule has 4 rings (SSSR count). The summed E-state index contributed by atoms with van der Waals surface area (Å²) in [4.78, 5) is 20.5. The van der Waals surface area contributed by atoms with Gasteiger partial charge < -0.3 is 20.5 Å². The van der Waals surface area contributed by atoms with Gasteiger partial charge in [0, 0.05) is 48.7 Å². The van der Waals surface area contributed by atoms with Crippen molar-refractivity contribution in [3.8, 4) is 0 Å². The van der Waals surface area contributed by atoms with Gasteiger partial charge in [-0.3, -0.25) is 4.90 Å². The molecule has 0 aliphatic carbocycles. The number of esters is 1. The van der Waals surface area contributed by atoms with Gasteiger partial charge >= 0.3 is 5.97 Å². The topological polar surface area (TPSA) is 89.7 Å². The Kier molecular flexibility index (Phi) is 11.1. The molecule has 2 aliphatic rings. The summed E-state index contributed by atoms with van der Waals surface area (Å²) in [5, 5.41) is 3.43. The molecular weight excluding hydrogens is 524 g/mol. The van der Waals surface area contributed by atoms with Crippen molar-refractivity contribution in [1.82, 2.24) is 9.88 Å². The van der Waals surface area contributed by atoms with E-state index in [0.29, 0.717) is 18.8 Å². The Morgan fingerprint density at radius 3 is 2.71 bits per heavy atom. The van der Waals surface area contributed by atoms with Crippen LogP contribution in [-0.4, -0.2) is 53.8 Å². The van der Waals surface area contributed by atoms with Gasteiger partial charge in [-0.2, -0.15) is 0 Å². The number of pyridine rings is 1. The van der Waals surface area contributed by atoms with Crippen molar-refractivity contribution in [2.45, 2.75) is 111 Å². The second kappa shape index (κ2) is 14.5. The average molecular weight is 577 g/mol. The van der Waals surface area contributed by atoms with E-state index >= 15 is 0 Å². The van der Waals surface area contributed by atoms with Crippen LogP contribution in [0.4, 0.5) is 11.5 Å². The predicted molar refractivity (Wildman–Crippen MR) is 173 cm³/mol. The fourth-order valence-corrected chi connectivity index (χ4v) is 5.93. The molecule has 42 heavy (non-hydrogen) atoms. The smallest absolute Gasteiger partial charge is 0.328 e. The molecule has 0 radical (unpaired) electrons. The molecule has 1 aromatic carbocycles. The molecular formula is C35H52N4O3. The number of fused-ring (bicyclic) bond motifs is 1. The molecule has 3 N–H and O–H groups in total. The summed E-state index contributed by atoms with van der Waals surface area (Å²) < 4.78 is 12.1. The largest absolute Gasteiger partial charge is 0.459 e. The quantitative estimate of drug-likeness (QED) is 0.150. The highest BCUT2D eigenvalue weighted by molar-refractivity contribution is 5.85. The molecule has 1 fully saturated rings. The van der Waals surface area contributed by atoms with Gasteiger partial charge in [0.15, 0.2) is 0 Å². The van der Waals surface area contributed by atoms with Crippen LogP contribution in [0.3, 0.4) is 0 Å². The first-order chi connectivity index (χ1) is 20.1. The number of anilines is 2. The summed E-state index contributed by atoms with van der Waals surface area (Å²) >= 11 is 0. The van der Waals surface area contributed by atoms with Crippen LogP contribution in [0.2, 0.25) is 0 Å². The molecule has 0 saturated carbocycles. The highest BCUT2D eigenvalue weighted by atomic mass is 16.6. The van der Waals surface area contributed by atoms with Gasteiger partial charge in [0.25, 0.3) is 0 Å². The lowest BCUT2D eigenvalue weighted by atomic mass is 9.90. The van der Waals surface area contributed by atoms with E-state index < -0.39 is 11.6 Å². The second-order valence-electron chi connectivity index (χ2n) is 13.0. The fraction of sp³-hybridized carbons (Fsp3) is 0.600. The third-order valence-corrected chi connectivity index (χ3v) is 8.17. The molecule has 1 aromatic heterocycles. The molecule has 7 nitrogen and oxygen atoms in total. The molecule has 3 heterocycles. The van der Waals surface area contributed by atoms with Crippen LogP contribution in [0.5, 0.6) is 0 Å². The van der Waals surface area contributed by atoms with Gasteiger partial charge in [0.05, 0.1) is 6.10 Å². The summed E-state index contributed by atoms with van der Waals surface area (Å²) in [5.41, 5.74) is 13.5. The maximum Gasteiger partial charge on any atom is 0.328 e. The number of nitrogen functional groups attached to an aromatic ring is 1. The Morgan fingerprint density at radius 1 is 1.19 bits per heavy atom. The molecule has 0 spiro atoms. The van der Waals surface area contributed by atoms with Gasteiger partial charge in [-0.15, -0.1) is 0 Å². The second-order valence-corrected chi connectivity index (χ2v) is 13.0. The molecule has 7 heteroatoms. The lowest BCUT2D eigenvalue weighted by Gasteiger charge is -2.44. The minimum absolute atomic E-state index is 0.112. The number of ether oxygens (including phenoxy) is 2. The maximum atomic E-state index is 13.5. The van der Waals surface area contributed by atoms with Crippen molar-refractivity contribution < 1.29 is 14.3 Å². The minimum Gasteiger partial charge on any atom is -0.459 e. The van der Waals surface area contributed by atoms with Crippen molar-refractivity contribution in [3.63, 3.8) is 0 Å². The van der Waals surface area contributed by atoms with Crippen LogP contribution < -0.4 is 11.1 Å². The van der Waals surface area contributed by atoms with Crippen LogP contribution in [-0.2, 0) is 27.1 Å². The number of nitrogens with one attached hydrogen (secondary N) is 1. The number of unbranched alkanes of at least 4 members (excludes halogenated alkanes) is 3. The SMILES string of the molecule is CCC/C=C(/C)c1c(C)ccc(C(C(=O)OC(C)(C)C)N2CC(OCCCCCc3ccc4c(n3)NCCC4)C2)c1N. The Morgan fingerprint density at radius 2 is 1.98 bits per heavy atom. The van der Waals surface area contributed by atoms with Crippen molar-refractivity contribution in [1.29, 1.82) is 0 Å². The van der Waals surface area contributed by atoms with E-state index in [9.17, 15) is 4.79 Å². The summed E-state index contributed by atoms with van der Waals surface area (Å²) in [7, 11) is 0. The highest BCUT2D eigenvalue weighted by Crippen LogP contribution is 2.37. The number of aryl methyl sites for hydroxylation is 3. The van der Waals surface area contributed by atoms with E-state index in [1.165, 1.54) is 17.7 Å². The number of benzene rings is 1. The molecule has 0 amide bonds. The minimum atomic E-state index is -0.583. The standard InChI is InChI=1S/C35H52N4O3/c1-7-8-13-24(2)30-25(3)16-19-29(31(30)36)32(34(40)42-35(4,5)6)39-22-28(23-39)41-21-11-9-10-15-27-18-17-26-14-12-20-37-33(26)38-27/h13,16-19,28,32H,7-12,14-15,20-23,36H2,1-6H3,(H,37,38)/b24-13-. The van der Waals surface area contributed by atoms with E-state index in [2.05, 4.69) is 55.3 Å². The van der Waals surface area contributed by atoms with E-state index in [0.717, 1.165) is 86.2 Å². The Balaban J connectivity index is 1.31. The molecule has 1 unspecified atom stereocenters. The Hall–Kier alpha value is -2.90. The van der Waals surface area contributed by atoms with Gasteiger partial charge in [-0.05, 0) is 95.9 Å². The number of nitrogens with two attached hydrogens (primary N) is 1. The van der Waals surface area contributed by atoms with E-state index in [1.54, 1.807) is 0 Å². The first-order valence-corrected chi connectivity index (χ1v) is 15.9. The Bertz CT molecular complexity index is 1240. The number of hydrogen-bond acceptors (Lipinski definition) is 7. The number of hydrogen-bond donors (Lipinski definition) is 2. The van der Waals surface area contributed by atoms with Crippen LogP contribution in [0.1, 0.15) is 107 Å². The summed E-state index contributed by atoms with van der Waals surface area (Å²) in [6.07, 6.45) is 11.0. The number of allylic oxidation sites excluding steroid dienone is 2. The third-order valence-electron chi connectivity index (χ3n) is 8.17. The normalized spacial score (nSPS) is 16.9. The molecule has 2 aliphatic heterocycles. The zero-order valence-electron chi connectivity index (χ0n) is 26.7. The number of carbonyl (C=O) groups is 1. The highest BCUT2D eigenvalue weighted by Gasteiger charge is 2.41. The number of rotatable bonds is 13. The van der Waals surface area contributed by atoms with Gasteiger partial charge in [-0.25, -0.2) is 9.78 Å². The van der Waals surface area contributed by atoms with Crippen LogP contribution in [0, 0.1) is 6.92 Å². The van der Waals surface area contributed by atoms with Gasteiger partial charge in [0.1, 0.15) is 17.5 Å². The number of carbonyl (C=O) groups excluding carboxylic acids is 1. The molecule has 1 saturated heterocycles. The van der Waals surface area contributed by atoms with E-state index in [4.69, 9.17) is 20.2 Å². The zero-order valence-corrected chi connectivity index (χ0v) is 26.7. The van der Waals surface area contributed by atoms with Crippen molar-refractivity contribution in [2.24, 2.45) is 0 Å². The zero-order chi connectivity index (χ0) is 30.3. The van der Waals surface area contributed by atoms with Crippen molar-refractivity contribution in [3.05, 3.63) is 58.3 Å². The lowest BCUT2D eigenvalue weighted by Crippen LogP contribution is -2.55.